The molecule has 2 aromatic rings. The molecule has 1 N–H and O–H groups in total. The van der Waals surface area contributed by atoms with Crippen molar-refractivity contribution in [2.45, 2.75) is 38.4 Å². The average Bonchev–Trinajstić information content (AvgIpc) is 2.31. The number of fused-ring (bicyclic) bond motifs is 1. The number of hydrogen-bond acceptors (Lipinski definition) is 2. The molecule has 0 aliphatic rings. The van der Waals surface area contributed by atoms with Crippen molar-refractivity contribution in [3.63, 3.8) is 0 Å². The van der Waals surface area contributed by atoms with E-state index in [1.165, 1.54) is 14.5 Å². The van der Waals surface area contributed by atoms with Crippen molar-refractivity contribution in [1.82, 2.24) is 4.98 Å². The number of pyridine rings is 1. The highest BCUT2D eigenvalue weighted by molar-refractivity contribution is 14.1. The van der Waals surface area contributed by atoms with Crippen LogP contribution in [0.15, 0.2) is 30.5 Å². The first kappa shape index (κ1) is 14.9. The summed E-state index contributed by atoms with van der Waals surface area (Å²) in [6, 6.07) is 8.31. The number of benzene rings is 1. The summed E-state index contributed by atoms with van der Waals surface area (Å²) in [7, 11) is -2.21. The summed E-state index contributed by atoms with van der Waals surface area (Å²) < 4.78 is 1.23. The van der Waals surface area contributed by atoms with Crippen LogP contribution in [0.1, 0.15) is 19.4 Å². The largest absolute Gasteiger partial charge is 0.432 e. The lowest BCUT2D eigenvalue weighted by atomic mass is 9.99. The van der Waals surface area contributed by atoms with E-state index in [0.717, 1.165) is 11.9 Å². The number of halogens is 1. The summed E-state index contributed by atoms with van der Waals surface area (Å²) in [5.74, 6) is 0. The Morgan fingerprint density at radius 2 is 1.95 bits per heavy atom. The molecule has 0 aliphatic carbocycles. The Hall–Kier alpha value is -0.463. The molecule has 4 heteroatoms. The minimum absolute atomic E-state index is 0.0707. The third kappa shape index (κ3) is 3.00. The van der Waals surface area contributed by atoms with Crippen LogP contribution in [0.4, 0.5) is 0 Å². The van der Waals surface area contributed by atoms with Gasteiger partial charge in [-0.1, -0.05) is 26.0 Å². The first-order valence-electron chi connectivity index (χ1n) is 6.47. The minimum atomic E-state index is -2.21. The van der Waals surface area contributed by atoms with Crippen LogP contribution in [0.5, 0.6) is 0 Å². The van der Waals surface area contributed by atoms with Crippen LogP contribution in [0.3, 0.4) is 0 Å². The smallest absolute Gasteiger partial charge is 0.188 e. The third-order valence-corrected chi connectivity index (χ3v) is 8.60. The second kappa shape index (κ2) is 5.14. The maximum atomic E-state index is 10.5. The van der Waals surface area contributed by atoms with Crippen molar-refractivity contribution in [2.24, 2.45) is 0 Å². The van der Waals surface area contributed by atoms with Gasteiger partial charge in [0.2, 0.25) is 0 Å². The fraction of sp³-hybridized carbons (Fsp3) is 0.400. The van der Waals surface area contributed by atoms with Crippen LogP contribution in [-0.2, 0) is 6.42 Å². The first-order valence-corrected chi connectivity index (χ1v) is 10.5. The Bertz CT molecular complexity index is 605. The first-order chi connectivity index (χ1) is 8.72. The SMILES string of the molecule is CC(C)(Cc1c(I)ccc2cccnc12)[Si](C)(C)O. The molecule has 1 aromatic carbocycles. The van der Waals surface area contributed by atoms with Crippen molar-refractivity contribution < 1.29 is 4.80 Å². The van der Waals surface area contributed by atoms with Gasteiger partial charge in [0, 0.05) is 15.2 Å². The molecule has 1 aromatic heterocycles. The standard InChI is InChI=1S/C15H20INOSi/c1-15(2,19(3,4)18)10-12-13(16)8-7-11-6-5-9-17-14(11)12/h5-9,18H,10H2,1-4H3. The summed E-state index contributed by atoms with van der Waals surface area (Å²) in [5, 5.41) is 1.10. The van der Waals surface area contributed by atoms with Crippen LogP contribution in [-0.4, -0.2) is 18.1 Å². The zero-order chi connectivity index (χ0) is 14.3. The number of aromatic nitrogens is 1. The molecule has 2 nitrogen and oxygen atoms in total. The summed E-state index contributed by atoms with van der Waals surface area (Å²) in [6.45, 7) is 8.35. The normalized spacial score (nSPS) is 12.9. The lowest BCUT2D eigenvalue weighted by Gasteiger charge is -2.35. The van der Waals surface area contributed by atoms with Gasteiger partial charge in [-0.3, -0.25) is 4.98 Å². The molecule has 0 fully saturated rings. The molecule has 19 heavy (non-hydrogen) atoms. The van der Waals surface area contributed by atoms with E-state index in [0.29, 0.717) is 0 Å². The lowest BCUT2D eigenvalue weighted by Crippen LogP contribution is -2.40. The molecular formula is C15H20INOSi. The maximum Gasteiger partial charge on any atom is 0.188 e. The van der Waals surface area contributed by atoms with Crippen LogP contribution in [0.25, 0.3) is 10.9 Å². The number of nitrogens with zero attached hydrogens (tertiary/aromatic N) is 1. The van der Waals surface area contributed by atoms with Gasteiger partial charge in [-0.2, -0.15) is 0 Å². The van der Waals surface area contributed by atoms with Gasteiger partial charge >= 0.3 is 0 Å². The van der Waals surface area contributed by atoms with Gasteiger partial charge < -0.3 is 4.80 Å². The van der Waals surface area contributed by atoms with Gasteiger partial charge in [0.1, 0.15) is 0 Å². The van der Waals surface area contributed by atoms with Gasteiger partial charge in [0.15, 0.2) is 8.32 Å². The minimum Gasteiger partial charge on any atom is -0.432 e. The Balaban J connectivity index is 2.54. The van der Waals surface area contributed by atoms with E-state index in [-0.39, 0.29) is 5.04 Å². The fourth-order valence-electron chi connectivity index (χ4n) is 2.01. The highest BCUT2D eigenvalue weighted by Crippen LogP contribution is 2.40. The molecule has 0 unspecified atom stereocenters. The average molecular weight is 385 g/mol. The Morgan fingerprint density at radius 1 is 1.26 bits per heavy atom. The molecule has 0 spiro atoms. The molecule has 0 saturated carbocycles. The Labute approximate surface area is 129 Å². The van der Waals surface area contributed by atoms with Gasteiger partial charge in [-0.25, -0.2) is 0 Å². The lowest BCUT2D eigenvalue weighted by molar-refractivity contribution is 0.467. The molecule has 0 amide bonds. The second-order valence-corrected chi connectivity index (χ2v) is 11.9. The Kier molecular flexibility index (Phi) is 4.04. The molecule has 0 atom stereocenters. The summed E-state index contributed by atoms with van der Waals surface area (Å²) >= 11 is 2.37. The molecule has 0 radical (unpaired) electrons. The van der Waals surface area contributed by atoms with Gasteiger partial charge in [0.25, 0.3) is 0 Å². The van der Waals surface area contributed by atoms with E-state index in [2.05, 4.69) is 59.6 Å². The van der Waals surface area contributed by atoms with Crippen molar-refractivity contribution >= 4 is 41.8 Å². The maximum absolute atomic E-state index is 10.5. The molecule has 0 bridgehead atoms. The molecule has 1 heterocycles. The van der Waals surface area contributed by atoms with E-state index in [1.54, 1.807) is 0 Å². The van der Waals surface area contributed by atoms with Crippen molar-refractivity contribution in [3.8, 4) is 0 Å². The predicted molar refractivity (Wildman–Crippen MR) is 91.9 cm³/mol. The van der Waals surface area contributed by atoms with Crippen LogP contribution in [0, 0.1) is 3.57 Å². The zero-order valence-corrected chi connectivity index (χ0v) is 15.0. The summed E-state index contributed by atoms with van der Waals surface area (Å²) in [4.78, 5) is 15.0. The van der Waals surface area contributed by atoms with Crippen LogP contribution < -0.4 is 0 Å². The highest BCUT2D eigenvalue weighted by atomic mass is 127. The van der Waals surface area contributed by atoms with E-state index >= 15 is 0 Å². The predicted octanol–water partition coefficient (Wildman–Crippen LogP) is 4.36. The molecule has 0 aliphatic heterocycles. The topological polar surface area (TPSA) is 33.1 Å². The van der Waals surface area contributed by atoms with E-state index < -0.39 is 8.32 Å². The van der Waals surface area contributed by atoms with E-state index in [9.17, 15) is 4.80 Å². The monoisotopic (exact) mass is 385 g/mol. The van der Waals surface area contributed by atoms with Gasteiger partial charge in [-0.05, 0) is 64.8 Å². The third-order valence-electron chi connectivity index (χ3n) is 4.10. The quantitative estimate of drug-likeness (QED) is 0.629. The Morgan fingerprint density at radius 3 is 2.58 bits per heavy atom. The van der Waals surface area contributed by atoms with Gasteiger partial charge in [0.05, 0.1) is 5.52 Å². The molecule has 0 saturated heterocycles. The van der Waals surface area contributed by atoms with Crippen molar-refractivity contribution in [2.75, 3.05) is 0 Å². The summed E-state index contributed by atoms with van der Waals surface area (Å²) in [6.07, 6.45) is 2.71. The van der Waals surface area contributed by atoms with Crippen molar-refractivity contribution in [1.29, 1.82) is 0 Å². The molecule has 2 rings (SSSR count). The van der Waals surface area contributed by atoms with Crippen molar-refractivity contribution in [3.05, 3.63) is 39.6 Å². The molecule has 102 valence electrons. The second-order valence-electron chi connectivity index (χ2n) is 6.22. The van der Waals surface area contributed by atoms with Crippen LogP contribution >= 0.6 is 22.6 Å². The van der Waals surface area contributed by atoms with E-state index in [1.807, 2.05) is 25.4 Å². The fourth-order valence-corrected chi connectivity index (χ4v) is 3.24. The summed E-state index contributed by atoms with van der Waals surface area (Å²) in [5.41, 5.74) is 2.33. The number of rotatable bonds is 3. The van der Waals surface area contributed by atoms with E-state index in [4.69, 9.17) is 0 Å². The molecular weight excluding hydrogens is 365 g/mol. The van der Waals surface area contributed by atoms with Gasteiger partial charge in [-0.15, -0.1) is 0 Å². The number of hydrogen-bond donors (Lipinski definition) is 1. The zero-order valence-electron chi connectivity index (χ0n) is 11.9. The highest BCUT2D eigenvalue weighted by Gasteiger charge is 2.38. The van der Waals surface area contributed by atoms with Crippen LogP contribution in [0.2, 0.25) is 18.1 Å².